The van der Waals surface area contributed by atoms with Crippen molar-refractivity contribution in [1.82, 2.24) is 18.7 Å². The molecule has 7 nitrogen and oxygen atoms in total. The van der Waals surface area contributed by atoms with Crippen LogP contribution >= 0.6 is 23.2 Å². The lowest BCUT2D eigenvalue weighted by Crippen LogP contribution is -2.37. The van der Waals surface area contributed by atoms with Gasteiger partial charge in [-0.2, -0.15) is 4.98 Å². The summed E-state index contributed by atoms with van der Waals surface area (Å²) < 4.78 is 3.79. The van der Waals surface area contributed by atoms with E-state index in [1.54, 1.807) is 18.2 Å². The lowest BCUT2D eigenvalue weighted by Gasteiger charge is -2.10. The molecule has 0 unspecified atom stereocenters. The number of rotatable bonds is 2. The largest absolute Gasteiger partial charge is 0.369 e. The van der Waals surface area contributed by atoms with Crippen molar-refractivity contribution in [3.8, 4) is 0 Å². The highest BCUT2D eigenvalue weighted by Gasteiger charge is 2.19. The minimum Gasteiger partial charge on any atom is -0.369 e. The molecule has 0 aliphatic rings. The van der Waals surface area contributed by atoms with Crippen molar-refractivity contribution in [2.45, 2.75) is 6.54 Å². The monoisotopic (exact) mass is 353 g/mol. The first-order valence-electron chi connectivity index (χ1n) is 6.67. The Balaban J connectivity index is 2.33. The van der Waals surface area contributed by atoms with E-state index in [1.807, 2.05) is 0 Å². The van der Waals surface area contributed by atoms with Gasteiger partial charge in [0.2, 0.25) is 5.95 Å². The van der Waals surface area contributed by atoms with Gasteiger partial charge in [-0.25, -0.2) is 4.79 Å². The molecule has 0 amide bonds. The van der Waals surface area contributed by atoms with Crippen LogP contribution in [0.15, 0.2) is 27.8 Å². The number of hydrogen-bond acceptors (Lipinski definition) is 4. The average Bonchev–Trinajstić information content (AvgIpc) is 2.84. The van der Waals surface area contributed by atoms with Gasteiger partial charge in [0, 0.05) is 29.7 Å². The smallest absolute Gasteiger partial charge is 0.332 e. The Morgan fingerprint density at radius 2 is 1.74 bits per heavy atom. The molecular formula is C14H13Cl2N5O2. The van der Waals surface area contributed by atoms with E-state index in [4.69, 9.17) is 28.9 Å². The van der Waals surface area contributed by atoms with Gasteiger partial charge in [0.25, 0.3) is 5.56 Å². The molecule has 0 radical (unpaired) electrons. The van der Waals surface area contributed by atoms with Crippen molar-refractivity contribution in [2.75, 3.05) is 5.73 Å². The molecule has 3 aromatic rings. The van der Waals surface area contributed by atoms with Gasteiger partial charge < -0.3 is 5.73 Å². The predicted octanol–water partition coefficient (Wildman–Crippen LogP) is 1.37. The van der Waals surface area contributed by atoms with Crippen LogP contribution in [0.2, 0.25) is 10.0 Å². The van der Waals surface area contributed by atoms with Crippen molar-refractivity contribution >= 4 is 40.3 Å². The minimum absolute atomic E-state index is 0.106. The molecule has 0 aliphatic heterocycles. The number of hydrogen-bond donors (Lipinski definition) is 1. The van der Waals surface area contributed by atoms with Crippen molar-refractivity contribution in [3.63, 3.8) is 0 Å². The predicted molar refractivity (Wildman–Crippen MR) is 90.2 cm³/mol. The summed E-state index contributed by atoms with van der Waals surface area (Å²) in [6.45, 7) is 0.175. The lowest BCUT2D eigenvalue weighted by molar-refractivity contribution is 0.702. The molecule has 1 aromatic carbocycles. The molecule has 0 fully saturated rings. The summed E-state index contributed by atoms with van der Waals surface area (Å²) in [7, 11) is 2.93. The molecule has 0 saturated heterocycles. The lowest BCUT2D eigenvalue weighted by atomic mass is 10.2. The Labute approximate surface area is 140 Å². The second-order valence-electron chi connectivity index (χ2n) is 5.13. The Morgan fingerprint density at radius 1 is 1.13 bits per heavy atom. The Morgan fingerprint density at radius 3 is 2.35 bits per heavy atom. The number of imidazole rings is 1. The number of aromatic nitrogens is 4. The molecule has 2 N–H and O–H groups in total. The number of nitrogens with zero attached hydrogens (tertiary/aromatic N) is 4. The van der Waals surface area contributed by atoms with Crippen LogP contribution in [0.4, 0.5) is 5.95 Å². The van der Waals surface area contributed by atoms with E-state index in [9.17, 15) is 9.59 Å². The Kier molecular flexibility index (Phi) is 3.69. The Bertz CT molecular complexity index is 1030. The highest BCUT2D eigenvalue weighted by Crippen LogP contribution is 2.27. The number of fused-ring (bicyclic) bond motifs is 1. The summed E-state index contributed by atoms with van der Waals surface area (Å²) >= 11 is 12.4. The number of nitrogen functional groups attached to an aromatic ring is 1. The van der Waals surface area contributed by atoms with Gasteiger partial charge in [0.15, 0.2) is 11.2 Å². The van der Waals surface area contributed by atoms with E-state index in [0.29, 0.717) is 15.6 Å². The maximum absolute atomic E-state index is 12.5. The molecular weight excluding hydrogens is 341 g/mol. The Hall–Kier alpha value is -2.25. The van der Waals surface area contributed by atoms with Crippen LogP contribution in [0.1, 0.15) is 5.56 Å². The van der Waals surface area contributed by atoms with Gasteiger partial charge in [0.1, 0.15) is 0 Å². The molecule has 2 heterocycles. The van der Waals surface area contributed by atoms with E-state index < -0.39 is 11.2 Å². The zero-order valence-electron chi connectivity index (χ0n) is 12.4. The molecule has 23 heavy (non-hydrogen) atoms. The van der Waals surface area contributed by atoms with E-state index in [2.05, 4.69) is 4.98 Å². The number of nitrogens with two attached hydrogens (primary N) is 1. The quantitative estimate of drug-likeness (QED) is 0.753. The molecule has 0 atom stereocenters. The molecule has 0 saturated carbocycles. The zero-order chi connectivity index (χ0) is 16.9. The maximum Gasteiger partial charge on any atom is 0.332 e. The molecule has 0 aliphatic carbocycles. The zero-order valence-corrected chi connectivity index (χ0v) is 13.9. The summed E-state index contributed by atoms with van der Waals surface area (Å²) in [6.07, 6.45) is 0. The summed E-state index contributed by atoms with van der Waals surface area (Å²) in [5, 5.41) is 0.917. The van der Waals surface area contributed by atoms with Crippen LogP contribution in [0.25, 0.3) is 11.2 Å². The first kappa shape index (κ1) is 15.6. The van der Waals surface area contributed by atoms with Crippen molar-refractivity contribution in [2.24, 2.45) is 14.1 Å². The first-order chi connectivity index (χ1) is 10.8. The fourth-order valence-corrected chi connectivity index (χ4v) is 2.98. The third-order valence-electron chi connectivity index (χ3n) is 3.76. The maximum atomic E-state index is 12.5. The van der Waals surface area contributed by atoms with Gasteiger partial charge in [-0.15, -0.1) is 0 Å². The van der Waals surface area contributed by atoms with Crippen LogP contribution in [-0.4, -0.2) is 18.7 Å². The van der Waals surface area contributed by atoms with Crippen LogP contribution in [-0.2, 0) is 20.6 Å². The number of halogens is 2. The molecule has 0 bridgehead atoms. The van der Waals surface area contributed by atoms with E-state index in [0.717, 1.165) is 4.57 Å². The minimum atomic E-state index is -0.476. The van der Waals surface area contributed by atoms with Crippen LogP contribution in [0.5, 0.6) is 0 Å². The molecule has 120 valence electrons. The van der Waals surface area contributed by atoms with Crippen molar-refractivity contribution < 1.29 is 0 Å². The summed E-state index contributed by atoms with van der Waals surface area (Å²) in [4.78, 5) is 28.6. The second kappa shape index (κ2) is 5.43. The van der Waals surface area contributed by atoms with E-state index in [-0.39, 0.29) is 23.7 Å². The normalized spacial score (nSPS) is 11.3. The average molecular weight is 354 g/mol. The fraction of sp³-hybridized carbons (Fsp3) is 0.214. The molecule has 0 spiro atoms. The summed E-state index contributed by atoms with van der Waals surface area (Å²) in [6, 6.07) is 5.13. The van der Waals surface area contributed by atoms with Gasteiger partial charge in [-0.05, 0) is 12.1 Å². The van der Waals surface area contributed by atoms with E-state index in [1.165, 1.54) is 23.2 Å². The van der Waals surface area contributed by atoms with Crippen LogP contribution < -0.4 is 17.0 Å². The molecule has 3 rings (SSSR count). The van der Waals surface area contributed by atoms with E-state index >= 15 is 0 Å². The van der Waals surface area contributed by atoms with Crippen molar-refractivity contribution in [3.05, 3.63) is 54.6 Å². The number of anilines is 1. The van der Waals surface area contributed by atoms with Gasteiger partial charge in [-0.3, -0.25) is 18.5 Å². The summed E-state index contributed by atoms with van der Waals surface area (Å²) in [5.41, 5.74) is 6.06. The third-order valence-corrected chi connectivity index (χ3v) is 4.46. The summed E-state index contributed by atoms with van der Waals surface area (Å²) in [5.74, 6) is 0.106. The first-order valence-corrected chi connectivity index (χ1v) is 7.43. The molecule has 9 heteroatoms. The highest BCUT2D eigenvalue weighted by molar-refractivity contribution is 6.36. The van der Waals surface area contributed by atoms with Crippen LogP contribution in [0.3, 0.4) is 0 Å². The van der Waals surface area contributed by atoms with Gasteiger partial charge >= 0.3 is 5.69 Å². The highest BCUT2D eigenvalue weighted by atomic mass is 35.5. The van der Waals surface area contributed by atoms with Gasteiger partial charge in [-0.1, -0.05) is 29.3 Å². The molecule has 2 aromatic heterocycles. The topological polar surface area (TPSA) is 87.8 Å². The number of benzene rings is 1. The number of aryl methyl sites for hydroxylation is 1. The van der Waals surface area contributed by atoms with Gasteiger partial charge in [0.05, 0.1) is 6.54 Å². The van der Waals surface area contributed by atoms with Crippen LogP contribution in [0, 0.1) is 0 Å². The fourth-order valence-electron chi connectivity index (χ4n) is 2.46. The standard InChI is InChI=1S/C14H13Cl2N5O2/c1-19-11-10(12(22)20(2)14(19)23)21(13(17)18-11)6-7-8(15)4-3-5-9(7)16/h3-5H,6H2,1-2H3,(H2,17,18). The second-order valence-corrected chi connectivity index (χ2v) is 5.95. The third kappa shape index (κ3) is 2.32. The van der Waals surface area contributed by atoms with Crippen molar-refractivity contribution in [1.29, 1.82) is 0 Å². The SMILES string of the molecule is Cn1c(=O)c2c(nc(N)n2Cc2c(Cl)cccc2Cl)n(C)c1=O.